The number of primary amides is 1. The Morgan fingerprint density at radius 1 is 1.44 bits per heavy atom. The van der Waals surface area contributed by atoms with Gasteiger partial charge in [0.15, 0.2) is 0 Å². The molecule has 0 bridgehead atoms. The summed E-state index contributed by atoms with van der Waals surface area (Å²) >= 11 is 6.05. The molecule has 1 aromatic heterocycles. The summed E-state index contributed by atoms with van der Waals surface area (Å²) in [4.78, 5) is 11.3. The van der Waals surface area contributed by atoms with Gasteiger partial charge in [0, 0.05) is 17.8 Å². The van der Waals surface area contributed by atoms with Gasteiger partial charge in [-0.25, -0.2) is 0 Å². The molecule has 0 aliphatic heterocycles. The highest BCUT2D eigenvalue weighted by atomic mass is 35.5. The fraction of sp³-hybridized carbons (Fsp3) is 0.0833. The third kappa shape index (κ3) is 2.57. The second-order valence-corrected chi connectivity index (χ2v) is 4.18. The summed E-state index contributed by atoms with van der Waals surface area (Å²) in [6.07, 6.45) is 3.17. The zero-order valence-corrected chi connectivity index (χ0v) is 10.2. The minimum atomic E-state index is -0.584. The van der Waals surface area contributed by atoms with Gasteiger partial charge in [-0.05, 0) is 18.2 Å². The second kappa shape index (κ2) is 5.01. The van der Waals surface area contributed by atoms with Crippen LogP contribution in [-0.2, 0) is 6.54 Å². The smallest absolute Gasteiger partial charge is 0.250 e. The van der Waals surface area contributed by atoms with Gasteiger partial charge in [-0.15, -0.1) is 0 Å². The Morgan fingerprint density at radius 3 is 2.83 bits per heavy atom. The number of furan rings is 1. The first-order valence-electron chi connectivity index (χ1n) is 5.21. The first kappa shape index (κ1) is 12.3. The third-order valence-corrected chi connectivity index (χ3v) is 2.73. The van der Waals surface area contributed by atoms with Crippen molar-refractivity contribution < 1.29 is 9.21 Å². The van der Waals surface area contributed by atoms with Crippen LogP contribution in [0, 0.1) is 0 Å². The zero-order chi connectivity index (χ0) is 13.1. The number of halogens is 1. The molecule has 2 rings (SSSR count). The van der Waals surface area contributed by atoms with Crippen LogP contribution in [0.3, 0.4) is 0 Å². The number of anilines is 2. The number of carbonyl (C=O) groups excluding carboxylic acids is 1. The maximum Gasteiger partial charge on any atom is 0.250 e. The molecule has 0 radical (unpaired) electrons. The maximum atomic E-state index is 11.3. The number of carbonyl (C=O) groups is 1. The number of benzene rings is 1. The van der Waals surface area contributed by atoms with Crippen molar-refractivity contribution in [2.75, 3.05) is 11.1 Å². The lowest BCUT2D eigenvalue weighted by Crippen LogP contribution is -2.15. The molecule has 18 heavy (non-hydrogen) atoms. The Kier molecular flexibility index (Phi) is 3.43. The highest BCUT2D eigenvalue weighted by Gasteiger charge is 2.13. The van der Waals surface area contributed by atoms with E-state index in [1.807, 2.05) is 6.07 Å². The number of nitrogens with two attached hydrogens (primary N) is 2. The van der Waals surface area contributed by atoms with Gasteiger partial charge in [-0.1, -0.05) is 11.6 Å². The van der Waals surface area contributed by atoms with E-state index in [0.717, 1.165) is 5.56 Å². The van der Waals surface area contributed by atoms with Crippen LogP contribution in [0.1, 0.15) is 15.9 Å². The van der Waals surface area contributed by atoms with Gasteiger partial charge in [0.05, 0.1) is 28.8 Å². The summed E-state index contributed by atoms with van der Waals surface area (Å²) in [5, 5.41) is 3.40. The predicted octanol–water partition coefficient (Wildman–Crippen LogP) is 2.23. The normalized spacial score (nSPS) is 10.3. The lowest BCUT2D eigenvalue weighted by atomic mass is 10.1. The van der Waals surface area contributed by atoms with Crippen molar-refractivity contribution in [3.05, 3.63) is 46.9 Å². The number of rotatable bonds is 4. The molecule has 0 unspecified atom stereocenters. The van der Waals surface area contributed by atoms with Gasteiger partial charge in [-0.2, -0.15) is 0 Å². The Labute approximate surface area is 109 Å². The van der Waals surface area contributed by atoms with Crippen LogP contribution >= 0.6 is 11.6 Å². The van der Waals surface area contributed by atoms with Crippen molar-refractivity contribution in [1.29, 1.82) is 0 Å². The highest BCUT2D eigenvalue weighted by Crippen LogP contribution is 2.29. The average Bonchev–Trinajstić information content (AvgIpc) is 2.79. The zero-order valence-electron chi connectivity index (χ0n) is 9.44. The van der Waals surface area contributed by atoms with E-state index >= 15 is 0 Å². The molecular weight excluding hydrogens is 254 g/mol. The van der Waals surface area contributed by atoms with Crippen molar-refractivity contribution in [2.45, 2.75) is 6.54 Å². The molecule has 5 N–H and O–H groups in total. The summed E-state index contributed by atoms with van der Waals surface area (Å²) in [7, 11) is 0. The summed E-state index contributed by atoms with van der Waals surface area (Å²) in [5.74, 6) is -0.584. The van der Waals surface area contributed by atoms with Crippen LogP contribution in [0.2, 0.25) is 5.02 Å². The van der Waals surface area contributed by atoms with E-state index in [1.54, 1.807) is 18.6 Å². The lowest BCUT2D eigenvalue weighted by Gasteiger charge is -2.12. The predicted molar refractivity (Wildman–Crippen MR) is 70.4 cm³/mol. The Bertz CT molecular complexity index is 567. The van der Waals surface area contributed by atoms with E-state index in [9.17, 15) is 4.79 Å². The van der Waals surface area contributed by atoms with Crippen molar-refractivity contribution in [1.82, 2.24) is 0 Å². The molecule has 0 atom stereocenters. The second-order valence-electron chi connectivity index (χ2n) is 3.77. The molecule has 1 heterocycles. The van der Waals surface area contributed by atoms with Crippen molar-refractivity contribution in [3.63, 3.8) is 0 Å². The summed E-state index contributed by atoms with van der Waals surface area (Å²) in [6, 6.07) is 4.86. The van der Waals surface area contributed by atoms with Crippen LogP contribution in [0.15, 0.2) is 35.1 Å². The lowest BCUT2D eigenvalue weighted by molar-refractivity contribution is 0.100. The minimum Gasteiger partial charge on any atom is -0.472 e. The first-order chi connectivity index (χ1) is 8.58. The number of nitrogen functional groups attached to an aromatic ring is 1. The molecule has 0 spiro atoms. The van der Waals surface area contributed by atoms with E-state index in [0.29, 0.717) is 22.9 Å². The van der Waals surface area contributed by atoms with E-state index in [-0.39, 0.29) is 5.56 Å². The van der Waals surface area contributed by atoms with Gasteiger partial charge < -0.3 is 21.2 Å². The molecule has 2 aromatic rings. The SMILES string of the molecule is NC(=O)c1cc(N)cc(Cl)c1NCc1ccoc1. The Morgan fingerprint density at radius 2 is 2.22 bits per heavy atom. The van der Waals surface area contributed by atoms with Gasteiger partial charge in [0.1, 0.15) is 0 Å². The quantitative estimate of drug-likeness (QED) is 0.739. The van der Waals surface area contributed by atoms with Crippen molar-refractivity contribution in [3.8, 4) is 0 Å². The summed E-state index contributed by atoms with van der Waals surface area (Å²) < 4.78 is 4.95. The molecule has 1 aromatic carbocycles. The van der Waals surface area contributed by atoms with Gasteiger partial charge in [0.25, 0.3) is 5.91 Å². The van der Waals surface area contributed by atoms with Gasteiger partial charge in [-0.3, -0.25) is 4.79 Å². The molecule has 0 aliphatic rings. The average molecular weight is 266 g/mol. The number of hydrogen-bond donors (Lipinski definition) is 3. The third-order valence-electron chi connectivity index (χ3n) is 2.43. The maximum absolute atomic E-state index is 11.3. The number of nitrogens with one attached hydrogen (secondary N) is 1. The van der Waals surface area contributed by atoms with E-state index in [4.69, 9.17) is 27.5 Å². The molecule has 94 valence electrons. The molecule has 1 amide bonds. The fourth-order valence-corrected chi connectivity index (χ4v) is 1.88. The Balaban J connectivity index is 2.28. The van der Waals surface area contributed by atoms with Crippen LogP contribution in [0.25, 0.3) is 0 Å². The fourth-order valence-electron chi connectivity index (χ4n) is 1.59. The first-order valence-corrected chi connectivity index (χ1v) is 5.59. The minimum absolute atomic E-state index is 0.267. The van der Waals surface area contributed by atoms with Crippen LogP contribution in [0.5, 0.6) is 0 Å². The molecule has 0 saturated carbocycles. The molecule has 0 saturated heterocycles. The van der Waals surface area contributed by atoms with E-state index in [1.165, 1.54) is 6.07 Å². The molecule has 5 nitrogen and oxygen atoms in total. The van der Waals surface area contributed by atoms with Crippen LogP contribution in [-0.4, -0.2) is 5.91 Å². The molecule has 0 fully saturated rings. The standard InChI is InChI=1S/C12H12ClN3O2/c13-10-4-8(14)3-9(12(15)17)11(10)16-5-7-1-2-18-6-7/h1-4,6,16H,5,14H2,(H2,15,17). The van der Waals surface area contributed by atoms with Crippen LogP contribution in [0.4, 0.5) is 11.4 Å². The molecular formula is C12H12ClN3O2. The van der Waals surface area contributed by atoms with E-state index < -0.39 is 5.91 Å². The Hall–Kier alpha value is -2.14. The van der Waals surface area contributed by atoms with E-state index in [2.05, 4.69) is 5.32 Å². The summed E-state index contributed by atoms with van der Waals surface area (Å²) in [5.41, 5.74) is 13.0. The van der Waals surface area contributed by atoms with Crippen molar-refractivity contribution >= 4 is 28.9 Å². The van der Waals surface area contributed by atoms with Gasteiger partial charge >= 0.3 is 0 Å². The van der Waals surface area contributed by atoms with Crippen molar-refractivity contribution in [2.24, 2.45) is 5.73 Å². The number of amides is 1. The van der Waals surface area contributed by atoms with Gasteiger partial charge in [0.2, 0.25) is 0 Å². The highest BCUT2D eigenvalue weighted by molar-refractivity contribution is 6.34. The largest absolute Gasteiger partial charge is 0.472 e. The summed E-state index contributed by atoms with van der Waals surface area (Å²) in [6.45, 7) is 0.473. The van der Waals surface area contributed by atoms with Crippen LogP contribution < -0.4 is 16.8 Å². The molecule has 0 aliphatic carbocycles. The monoisotopic (exact) mass is 265 g/mol. The topological polar surface area (TPSA) is 94.3 Å². The number of hydrogen-bond acceptors (Lipinski definition) is 4. The molecule has 6 heteroatoms.